The van der Waals surface area contributed by atoms with Crippen LogP contribution in [-0.4, -0.2) is 6.29 Å². The monoisotopic (exact) mass is 138 g/mol. The standard InChI is InChI=1S/C9H14O/c1-7-3-8(2)5-9(4-7)6-10/h3,6-7,9H,4-5H2,1-2H3/t7-,9+/m1/s1. The highest BCUT2D eigenvalue weighted by Crippen LogP contribution is 2.25. The molecule has 0 fully saturated rings. The first-order valence-electron chi connectivity index (χ1n) is 3.85. The summed E-state index contributed by atoms with van der Waals surface area (Å²) in [5.74, 6) is 0.893. The number of hydrogen-bond donors (Lipinski definition) is 0. The Balaban J connectivity index is 2.60. The zero-order valence-electron chi connectivity index (χ0n) is 6.63. The molecule has 0 unspecified atom stereocenters. The van der Waals surface area contributed by atoms with Crippen LogP contribution >= 0.6 is 0 Å². The van der Waals surface area contributed by atoms with Crippen molar-refractivity contribution in [3.8, 4) is 0 Å². The van der Waals surface area contributed by atoms with Gasteiger partial charge in [0.1, 0.15) is 6.29 Å². The predicted octanol–water partition coefficient (Wildman–Crippen LogP) is 2.18. The molecule has 0 amide bonds. The second-order valence-electron chi connectivity index (χ2n) is 3.33. The van der Waals surface area contributed by atoms with Crippen LogP contribution in [0.15, 0.2) is 11.6 Å². The van der Waals surface area contributed by atoms with E-state index in [1.54, 1.807) is 0 Å². The maximum Gasteiger partial charge on any atom is 0.123 e. The van der Waals surface area contributed by atoms with Gasteiger partial charge in [-0.3, -0.25) is 0 Å². The Morgan fingerprint density at radius 3 is 2.90 bits per heavy atom. The summed E-state index contributed by atoms with van der Waals surface area (Å²) < 4.78 is 0. The van der Waals surface area contributed by atoms with Crippen molar-refractivity contribution in [2.45, 2.75) is 26.7 Å². The fraction of sp³-hybridized carbons (Fsp3) is 0.667. The van der Waals surface area contributed by atoms with E-state index in [9.17, 15) is 4.79 Å². The molecule has 1 aliphatic rings. The highest BCUT2D eigenvalue weighted by atomic mass is 16.1. The van der Waals surface area contributed by atoms with Crippen molar-refractivity contribution >= 4 is 6.29 Å². The van der Waals surface area contributed by atoms with Gasteiger partial charge in [-0.25, -0.2) is 0 Å². The van der Waals surface area contributed by atoms with Crippen LogP contribution in [0, 0.1) is 11.8 Å². The highest BCUT2D eigenvalue weighted by Gasteiger charge is 2.16. The molecular weight excluding hydrogens is 124 g/mol. The molecule has 1 rings (SSSR count). The average molecular weight is 138 g/mol. The third-order valence-corrected chi connectivity index (χ3v) is 2.02. The van der Waals surface area contributed by atoms with Gasteiger partial charge in [-0.05, 0) is 25.7 Å². The Hall–Kier alpha value is -0.590. The number of allylic oxidation sites excluding steroid dienone is 2. The second-order valence-corrected chi connectivity index (χ2v) is 3.33. The van der Waals surface area contributed by atoms with Gasteiger partial charge in [-0.1, -0.05) is 18.6 Å². The fourth-order valence-corrected chi connectivity index (χ4v) is 1.70. The number of carbonyl (C=O) groups excluding carboxylic acids is 1. The van der Waals surface area contributed by atoms with E-state index in [0.29, 0.717) is 11.8 Å². The van der Waals surface area contributed by atoms with E-state index in [-0.39, 0.29) is 0 Å². The first-order valence-corrected chi connectivity index (χ1v) is 3.85. The highest BCUT2D eigenvalue weighted by molar-refractivity contribution is 5.54. The van der Waals surface area contributed by atoms with E-state index < -0.39 is 0 Å². The van der Waals surface area contributed by atoms with Gasteiger partial charge in [0.25, 0.3) is 0 Å². The van der Waals surface area contributed by atoms with Gasteiger partial charge in [-0.2, -0.15) is 0 Å². The summed E-state index contributed by atoms with van der Waals surface area (Å²) in [4.78, 5) is 10.4. The molecule has 0 spiro atoms. The molecule has 0 radical (unpaired) electrons. The Morgan fingerprint density at radius 2 is 2.40 bits per heavy atom. The Bertz CT molecular complexity index is 158. The van der Waals surface area contributed by atoms with Gasteiger partial charge >= 0.3 is 0 Å². The molecule has 0 aromatic heterocycles. The van der Waals surface area contributed by atoms with Crippen LogP contribution < -0.4 is 0 Å². The van der Waals surface area contributed by atoms with Crippen LogP contribution in [-0.2, 0) is 4.79 Å². The Labute approximate surface area is 62.1 Å². The molecule has 56 valence electrons. The number of carbonyl (C=O) groups is 1. The molecule has 1 heteroatoms. The molecule has 0 heterocycles. The lowest BCUT2D eigenvalue weighted by Gasteiger charge is -2.20. The van der Waals surface area contributed by atoms with Crippen molar-refractivity contribution in [2.24, 2.45) is 11.8 Å². The van der Waals surface area contributed by atoms with Crippen molar-refractivity contribution in [2.75, 3.05) is 0 Å². The lowest BCUT2D eigenvalue weighted by atomic mass is 9.85. The summed E-state index contributed by atoms with van der Waals surface area (Å²) in [6.07, 6.45) is 5.38. The lowest BCUT2D eigenvalue weighted by Crippen LogP contribution is -2.12. The van der Waals surface area contributed by atoms with E-state index in [0.717, 1.165) is 19.1 Å². The molecule has 0 saturated carbocycles. The van der Waals surface area contributed by atoms with E-state index >= 15 is 0 Å². The number of rotatable bonds is 1. The summed E-state index contributed by atoms with van der Waals surface area (Å²) in [5.41, 5.74) is 1.37. The molecule has 0 aromatic carbocycles. The number of hydrogen-bond acceptors (Lipinski definition) is 1. The zero-order chi connectivity index (χ0) is 7.56. The quantitative estimate of drug-likeness (QED) is 0.401. The SMILES string of the molecule is CC1=C[C@@H](C)C[C@H](C=O)C1. The normalized spacial score (nSPS) is 33.2. The minimum Gasteiger partial charge on any atom is -0.303 e. The third-order valence-electron chi connectivity index (χ3n) is 2.02. The smallest absolute Gasteiger partial charge is 0.123 e. The topological polar surface area (TPSA) is 17.1 Å². The first kappa shape index (κ1) is 7.52. The van der Waals surface area contributed by atoms with Crippen LogP contribution in [0.25, 0.3) is 0 Å². The van der Waals surface area contributed by atoms with Crippen molar-refractivity contribution in [3.05, 3.63) is 11.6 Å². The molecule has 0 saturated heterocycles. The van der Waals surface area contributed by atoms with Gasteiger partial charge in [0, 0.05) is 5.92 Å². The first-order chi connectivity index (χ1) is 4.72. The maximum atomic E-state index is 10.4. The molecule has 0 N–H and O–H groups in total. The molecule has 1 aliphatic carbocycles. The molecule has 1 nitrogen and oxygen atoms in total. The largest absolute Gasteiger partial charge is 0.303 e. The van der Waals surface area contributed by atoms with E-state index in [2.05, 4.69) is 19.9 Å². The van der Waals surface area contributed by atoms with Crippen LogP contribution in [0.2, 0.25) is 0 Å². The molecule has 0 aliphatic heterocycles. The van der Waals surface area contributed by atoms with Gasteiger partial charge in [0.2, 0.25) is 0 Å². The van der Waals surface area contributed by atoms with E-state index in [1.165, 1.54) is 5.57 Å². The molecule has 0 bridgehead atoms. The minimum atomic E-state index is 0.292. The third kappa shape index (κ3) is 1.69. The van der Waals surface area contributed by atoms with Crippen LogP contribution in [0.3, 0.4) is 0 Å². The van der Waals surface area contributed by atoms with E-state index in [1.807, 2.05) is 0 Å². The van der Waals surface area contributed by atoms with Gasteiger partial charge in [0.05, 0.1) is 0 Å². The summed E-state index contributed by atoms with van der Waals surface area (Å²) in [5, 5.41) is 0. The fourth-order valence-electron chi connectivity index (χ4n) is 1.70. The summed E-state index contributed by atoms with van der Waals surface area (Å²) >= 11 is 0. The summed E-state index contributed by atoms with van der Waals surface area (Å²) in [6.45, 7) is 4.27. The predicted molar refractivity (Wildman–Crippen MR) is 41.7 cm³/mol. The van der Waals surface area contributed by atoms with Crippen molar-refractivity contribution < 1.29 is 4.79 Å². The van der Waals surface area contributed by atoms with Crippen molar-refractivity contribution in [1.82, 2.24) is 0 Å². The average Bonchev–Trinajstić information content (AvgIpc) is 1.85. The van der Waals surface area contributed by atoms with Crippen LogP contribution in [0.5, 0.6) is 0 Å². The Kier molecular flexibility index (Phi) is 2.25. The minimum absolute atomic E-state index is 0.292. The number of aldehydes is 1. The van der Waals surface area contributed by atoms with Crippen molar-refractivity contribution in [3.63, 3.8) is 0 Å². The van der Waals surface area contributed by atoms with Crippen molar-refractivity contribution in [1.29, 1.82) is 0 Å². The Morgan fingerprint density at radius 1 is 1.70 bits per heavy atom. The summed E-state index contributed by atoms with van der Waals surface area (Å²) in [6, 6.07) is 0. The summed E-state index contributed by atoms with van der Waals surface area (Å²) in [7, 11) is 0. The van der Waals surface area contributed by atoms with Crippen LogP contribution in [0.1, 0.15) is 26.7 Å². The molecule has 10 heavy (non-hydrogen) atoms. The maximum absolute atomic E-state index is 10.4. The van der Waals surface area contributed by atoms with Gasteiger partial charge < -0.3 is 4.79 Å². The molecular formula is C9H14O. The second kappa shape index (κ2) is 3.00. The van der Waals surface area contributed by atoms with E-state index in [4.69, 9.17) is 0 Å². The van der Waals surface area contributed by atoms with Gasteiger partial charge in [-0.15, -0.1) is 0 Å². The zero-order valence-corrected chi connectivity index (χ0v) is 6.63. The molecule has 0 aromatic rings. The van der Waals surface area contributed by atoms with Gasteiger partial charge in [0.15, 0.2) is 0 Å². The lowest BCUT2D eigenvalue weighted by molar-refractivity contribution is -0.111. The van der Waals surface area contributed by atoms with Crippen LogP contribution in [0.4, 0.5) is 0 Å². The molecule has 2 atom stereocenters.